The van der Waals surface area contributed by atoms with Gasteiger partial charge >= 0.3 is 0 Å². The molecule has 0 aliphatic heterocycles. The number of oxime groups is 1. The smallest absolute Gasteiger partial charge is 0.175 e. The number of halogens is 1. The van der Waals surface area contributed by atoms with Crippen LogP contribution in [0.25, 0.3) is 0 Å². The van der Waals surface area contributed by atoms with Crippen molar-refractivity contribution >= 4 is 33.5 Å². The molecular weight excluding hydrogens is 352 g/mol. The predicted octanol–water partition coefficient (Wildman–Crippen LogP) is 4.37. The van der Waals surface area contributed by atoms with E-state index in [1.54, 1.807) is 6.07 Å². The molecule has 0 bridgehead atoms. The molecule has 0 aliphatic carbocycles. The van der Waals surface area contributed by atoms with Crippen molar-refractivity contribution in [1.29, 1.82) is 0 Å². The third kappa shape index (κ3) is 3.51. The van der Waals surface area contributed by atoms with Crippen LogP contribution in [0.3, 0.4) is 0 Å². The van der Waals surface area contributed by atoms with Crippen molar-refractivity contribution in [3.8, 4) is 11.5 Å². The topological polar surface area (TPSA) is 67.8 Å². The van der Waals surface area contributed by atoms with Gasteiger partial charge in [-0.3, -0.25) is 0 Å². The first-order valence-electron chi connectivity index (χ1n) is 6.15. The van der Waals surface area contributed by atoms with Crippen molar-refractivity contribution in [1.82, 2.24) is 0 Å². The van der Waals surface area contributed by atoms with Gasteiger partial charge in [-0.15, -0.1) is 11.8 Å². The number of nitrogens with zero attached hydrogens (tertiary/aromatic N) is 1. The lowest BCUT2D eigenvalue weighted by Gasteiger charge is -2.14. The molecule has 0 atom stereocenters. The molecule has 0 aromatic heterocycles. The molecule has 110 valence electrons. The lowest BCUT2D eigenvalue weighted by atomic mass is 10.2. The SMILES string of the molecule is CSc1cccc(Oc2ccc(Br)c(C)c2)c1/C(N)=N/O. The summed E-state index contributed by atoms with van der Waals surface area (Å²) in [5.74, 6) is 1.28. The number of nitrogens with two attached hydrogens (primary N) is 1. The van der Waals surface area contributed by atoms with E-state index in [0.29, 0.717) is 17.1 Å². The molecule has 0 spiro atoms. The van der Waals surface area contributed by atoms with E-state index in [2.05, 4.69) is 21.1 Å². The fraction of sp³-hybridized carbons (Fsp3) is 0.133. The number of hydrogen-bond donors (Lipinski definition) is 2. The highest BCUT2D eigenvalue weighted by Crippen LogP contribution is 2.33. The van der Waals surface area contributed by atoms with Crippen LogP contribution in [0.2, 0.25) is 0 Å². The molecule has 4 nitrogen and oxygen atoms in total. The maximum absolute atomic E-state index is 8.97. The second kappa shape index (κ2) is 6.87. The van der Waals surface area contributed by atoms with E-state index in [1.807, 2.05) is 43.5 Å². The largest absolute Gasteiger partial charge is 0.457 e. The van der Waals surface area contributed by atoms with Crippen molar-refractivity contribution in [3.05, 3.63) is 52.0 Å². The second-order valence-electron chi connectivity index (χ2n) is 4.33. The van der Waals surface area contributed by atoms with E-state index in [4.69, 9.17) is 15.7 Å². The van der Waals surface area contributed by atoms with Crippen molar-refractivity contribution in [3.63, 3.8) is 0 Å². The summed E-state index contributed by atoms with van der Waals surface area (Å²) in [7, 11) is 0. The minimum Gasteiger partial charge on any atom is -0.457 e. The highest BCUT2D eigenvalue weighted by molar-refractivity contribution is 9.10. The molecular formula is C15H15BrN2O2S. The molecule has 2 aromatic rings. The zero-order valence-electron chi connectivity index (χ0n) is 11.6. The second-order valence-corrected chi connectivity index (χ2v) is 6.03. The molecule has 3 N–H and O–H groups in total. The third-order valence-electron chi connectivity index (χ3n) is 2.93. The summed E-state index contributed by atoms with van der Waals surface area (Å²) in [6.45, 7) is 1.99. The minimum absolute atomic E-state index is 0.0313. The predicted molar refractivity (Wildman–Crippen MR) is 89.7 cm³/mol. The molecule has 2 aromatic carbocycles. The Morgan fingerprint density at radius 2 is 2.10 bits per heavy atom. The first-order valence-corrected chi connectivity index (χ1v) is 8.17. The van der Waals surface area contributed by atoms with E-state index < -0.39 is 0 Å². The number of thioether (sulfide) groups is 1. The van der Waals surface area contributed by atoms with Crippen LogP contribution in [0, 0.1) is 6.92 Å². The zero-order chi connectivity index (χ0) is 15.4. The average molecular weight is 367 g/mol. The summed E-state index contributed by atoms with van der Waals surface area (Å²) in [6, 6.07) is 11.3. The number of amidine groups is 1. The van der Waals surface area contributed by atoms with Crippen LogP contribution < -0.4 is 10.5 Å². The lowest BCUT2D eigenvalue weighted by molar-refractivity contribution is 0.318. The molecule has 0 heterocycles. The molecule has 21 heavy (non-hydrogen) atoms. The summed E-state index contributed by atoms with van der Waals surface area (Å²) in [5.41, 5.74) is 7.44. The van der Waals surface area contributed by atoms with E-state index >= 15 is 0 Å². The van der Waals surface area contributed by atoms with Gasteiger partial charge in [-0.2, -0.15) is 0 Å². The van der Waals surface area contributed by atoms with Crippen molar-refractivity contribution in [2.45, 2.75) is 11.8 Å². The van der Waals surface area contributed by atoms with Gasteiger partial charge in [0.2, 0.25) is 0 Å². The molecule has 0 aliphatic rings. The highest BCUT2D eigenvalue weighted by Gasteiger charge is 2.14. The van der Waals surface area contributed by atoms with Gasteiger partial charge < -0.3 is 15.7 Å². The Bertz CT molecular complexity index is 689. The van der Waals surface area contributed by atoms with Gasteiger partial charge in [-0.05, 0) is 49.1 Å². The number of hydrogen-bond acceptors (Lipinski definition) is 4. The standard InChI is InChI=1S/C15H15BrN2O2S/c1-9-8-10(6-7-11(9)16)20-12-4-3-5-13(21-2)14(12)15(17)18-19/h3-8,19H,1-2H3,(H2,17,18). The molecule has 0 saturated heterocycles. The Hall–Kier alpha value is -1.66. The maximum Gasteiger partial charge on any atom is 0.175 e. The summed E-state index contributed by atoms with van der Waals surface area (Å²) >= 11 is 4.97. The summed E-state index contributed by atoms with van der Waals surface area (Å²) in [5, 5.41) is 12.1. The number of rotatable bonds is 4. The van der Waals surface area contributed by atoms with Gasteiger partial charge in [0.15, 0.2) is 5.84 Å². The van der Waals surface area contributed by atoms with Crippen molar-refractivity contribution in [2.24, 2.45) is 10.9 Å². The van der Waals surface area contributed by atoms with Crippen LogP contribution in [0.4, 0.5) is 0 Å². The van der Waals surface area contributed by atoms with Crippen LogP contribution >= 0.6 is 27.7 Å². The number of aryl methyl sites for hydroxylation is 1. The quantitative estimate of drug-likeness (QED) is 0.277. The first kappa shape index (κ1) is 15.7. The van der Waals surface area contributed by atoms with Crippen molar-refractivity contribution in [2.75, 3.05) is 6.26 Å². The fourth-order valence-corrected chi connectivity index (χ4v) is 2.75. The normalized spacial score (nSPS) is 11.5. The van der Waals surface area contributed by atoms with Gasteiger partial charge in [0.25, 0.3) is 0 Å². The van der Waals surface area contributed by atoms with Crippen LogP contribution in [-0.4, -0.2) is 17.3 Å². The molecule has 2 rings (SSSR count). The van der Waals surface area contributed by atoms with E-state index in [-0.39, 0.29) is 5.84 Å². The van der Waals surface area contributed by atoms with Crippen LogP contribution in [-0.2, 0) is 0 Å². The Kier molecular flexibility index (Phi) is 5.14. The number of ether oxygens (including phenoxy) is 1. The van der Waals surface area contributed by atoms with Gasteiger partial charge in [0, 0.05) is 9.37 Å². The summed E-state index contributed by atoms with van der Waals surface area (Å²) in [6.07, 6.45) is 1.93. The Labute approximate surface area is 136 Å². The van der Waals surface area contributed by atoms with E-state index in [1.165, 1.54) is 11.8 Å². The Morgan fingerprint density at radius 1 is 1.33 bits per heavy atom. The van der Waals surface area contributed by atoms with Gasteiger partial charge in [0.1, 0.15) is 11.5 Å². The van der Waals surface area contributed by atoms with E-state index in [0.717, 1.165) is 14.9 Å². The van der Waals surface area contributed by atoms with Gasteiger partial charge in [-0.1, -0.05) is 27.2 Å². The Morgan fingerprint density at radius 3 is 2.71 bits per heavy atom. The third-order valence-corrected chi connectivity index (χ3v) is 4.60. The van der Waals surface area contributed by atoms with Gasteiger partial charge in [0.05, 0.1) is 5.56 Å². The molecule has 0 fully saturated rings. The monoisotopic (exact) mass is 366 g/mol. The average Bonchev–Trinajstić information content (AvgIpc) is 2.50. The maximum atomic E-state index is 8.97. The summed E-state index contributed by atoms with van der Waals surface area (Å²) < 4.78 is 6.92. The van der Waals surface area contributed by atoms with E-state index in [9.17, 15) is 0 Å². The van der Waals surface area contributed by atoms with Crippen molar-refractivity contribution < 1.29 is 9.94 Å². The zero-order valence-corrected chi connectivity index (χ0v) is 14.0. The molecule has 0 unspecified atom stereocenters. The number of benzene rings is 2. The van der Waals surface area contributed by atoms with Crippen LogP contribution in [0.1, 0.15) is 11.1 Å². The Balaban J connectivity index is 2.46. The molecule has 0 amide bonds. The van der Waals surface area contributed by atoms with Crippen LogP contribution in [0.15, 0.2) is 50.9 Å². The van der Waals surface area contributed by atoms with Crippen LogP contribution in [0.5, 0.6) is 11.5 Å². The summed E-state index contributed by atoms with van der Waals surface area (Å²) in [4.78, 5) is 0.886. The van der Waals surface area contributed by atoms with Gasteiger partial charge in [-0.25, -0.2) is 0 Å². The fourth-order valence-electron chi connectivity index (χ4n) is 1.88. The molecule has 0 saturated carbocycles. The highest BCUT2D eigenvalue weighted by atomic mass is 79.9. The minimum atomic E-state index is 0.0313. The first-order chi connectivity index (χ1) is 10.1. The molecule has 0 radical (unpaired) electrons. The molecule has 6 heteroatoms. The lowest BCUT2D eigenvalue weighted by Crippen LogP contribution is -2.15.